The largest absolute Gasteiger partial charge is 0.298 e. The van der Waals surface area contributed by atoms with Crippen LogP contribution in [-0.4, -0.2) is 6.29 Å². The quantitative estimate of drug-likeness (QED) is 0.323. The molecule has 0 radical (unpaired) electrons. The van der Waals surface area contributed by atoms with Crippen LogP contribution < -0.4 is 0 Å². The first-order valence-electron chi connectivity index (χ1n) is 6.51. The normalized spacial score (nSPS) is 10.7. The van der Waals surface area contributed by atoms with E-state index in [4.69, 9.17) is 0 Å². The number of carbonyl (C=O) groups excluding carboxylic acids is 1. The third-order valence-electron chi connectivity index (χ3n) is 2.92. The number of thiophene rings is 1. The summed E-state index contributed by atoms with van der Waals surface area (Å²) in [6.45, 7) is 2.25. The zero-order valence-electron chi connectivity index (χ0n) is 10.5. The van der Waals surface area contributed by atoms with Crippen molar-refractivity contribution < 1.29 is 4.79 Å². The molecule has 0 N–H and O–H groups in total. The van der Waals surface area contributed by atoms with Crippen molar-refractivity contribution in [2.24, 2.45) is 0 Å². The van der Waals surface area contributed by atoms with Crippen LogP contribution in [0.4, 0.5) is 0 Å². The monoisotopic (exact) mass is 364 g/mol. The third-order valence-corrected chi connectivity index (χ3v) is 5.20. The van der Waals surface area contributed by atoms with Crippen molar-refractivity contribution in [1.82, 2.24) is 0 Å². The smallest absolute Gasteiger partial charge is 0.151 e. The van der Waals surface area contributed by atoms with Gasteiger partial charge in [-0.1, -0.05) is 45.4 Å². The fraction of sp³-hybridized carbons (Fsp3) is 0.643. The van der Waals surface area contributed by atoms with Gasteiger partial charge in [0.05, 0.1) is 2.88 Å². The van der Waals surface area contributed by atoms with Crippen LogP contribution in [0, 0.1) is 2.88 Å². The maximum atomic E-state index is 10.7. The standard InChI is InChI=1S/C14H21IOS/c1-2-3-4-5-6-7-8-9-13-10-12(11-16)14(15)17-13/h10-11H,2-9H2,1H3. The Morgan fingerprint density at radius 1 is 1.18 bits per heavy atom. The van der Waals surface area contributed by atoms with Crippen molar-refractivity contribution in [3.8, 4) is 0 Å². The molecule has 0 aromatic carbocycles. The summed E-state index contributed by atoms with van der Waals surface area (Å²) in [7, 11) is 0. The fourth-order valence-corrected chi connectivity index (χ4v) is 3.91. The van der Waals surface area contributed by atoms with Crippen LogP contribution >= 0.6 is 33.9 Å². The number of rotatable bonds is 9. The minimum absolute atomic E-state index is 0.869. The first kappa shape index (κ1) is 15.2. The summed E-state index contributed by atoms with van der Waals surface area (Å²) in [6, 6.07) is 2.05. The van der Waals surface area contributed by atoms with E-state index in [-0.39, 0.29) is 0 Å². The summed E-state index contributed by atoms with van der Waals surface area (Å²) < 4.78 is 1.13. The minimum atomic E-state index is 0.869. The molecule has 96 valence electrons. The fourth-order valence-electron chi connectivity index (χ4n) is 1.89. The predicted octanol–water partition coefficient (Wildman–Crippen LogP) is 5.46. The number of hydrogen-bond acceptors (Lipinski definition) is 2. The Balaban J connectivity index is 2.11. The predicted molar refractivity (Wildman–Crippen MR) is 84.1 cm³/mol. The highest BCUT2D eigenvalue weighted by molar-refractivity contribution is 14.1. The van der Waals surface area contributed by atoms with Crippen LogP contribution in [0.2, 0.25) is 0 Å². The van der Waals surface area contributed by atoms with Gasteiger partial charge in [0.2, 0.25) is 0 Å². The second-order valence-electron chi connectivity index (χ2n) is 4.43. The lowest BCUT2D eigenvalue weighted by molar-refractivity contribution is 0.112. The highest BCUT2D eigenvalue weighted by Crippen LogP contribution is 2.24. The Bertz CT molecular complexity index is 333. The Labute approximate surface area is 122 Å². The van der Waals surface area contributed by atoms with Gasteiger partial charge in [-0.3, -0.25) is 4.79 Å². The highest BCUT2D eigenvalue weighted by atomic mass is 127. The van der Waals surface area contributed by atoms with Gasteiger partial charge in [0.15, 0.2) is 6.29 Å². The summed E-state index contributed by atoms with van der Waals surface area (Å²) in [5, 5.41) is 0. The van der Waals surface area contributed by atoms with E-state index in [2.05, 4.69) is 35.6 Å². The number of unbranched alkanes of at least 4 members (excludes halogenated alkanes) is 6. The van der Waals surface area contributed by atoms with Gasteiger partial charge in [-0.2, -0.15) is 0 Å². The van der Waals surface area contributed by atoms with E-state index in [1.165, 1.54) is 49.8 Å². The van der Waals surface area contributed by atoms with Gasteiger partial charge in [-0.15, -0.1) is 11.3 Å². The average molecular weight is 364 g/mol. The Hall–Kier alpha value is 0.100. The zero-order chi connectivity index (χ0) is 12.5. The number of aryl methyl sites for hydroxylation is 1. The molecule has 0 aliphatic heterocycles. The summed E-state index contributed by atoms with van der Waals surface area (Å²) >= 11 is 4.02. The molecule has 0 aliphatic rings. The summed E-state index contributed by atoms with van der Waals surface area (Å²) in [5.41, 5.74) is 0.869. The lowest BCUT2D eigenvalue weighted by Crippen LogP contribution is -1.83. The molecule has 0 spiro atoms. The number of halogens is 1. The lowest BCUT2D eigenvalue weighted by atomic mass is 10.1. The number of aldehydes is 1. The van der Waals surface area contributed by atoms with Crippen LogP contribution in [0.25, 0.3) is 0 Å². The number of hydrogen-bond donors (Lipinski definition) is 0. The van der Waals surface area contributed by atoms with Crippen molar-refractivity contribution in [2.45, 2.75) is 58.3 Å². The Morgan fingerprint density at radius 3 is 2.41 bits per heavy atom. The van der Waals surface area contributed by atoms with Gasteiger partial charge in [-0.25, -0.2) is 0 Å². The van der Waals surface area contributed by atoms with Crippen LogP contribution in [0.15, 0.2) is 6.07 Å². The third kappa shape index (κ3) is 6.00. The van der Waals surface area contributed by atoms with Crippen molar-refractivity contribution in [3.63, 3.8) is 0 Å². The lowest BCUT2D eigenvalue weighted by Gasteiger charge is -1.99. The van der Waals surface area contributed by atoms with Crippen molar-refractivity contribution >= 4 is 40.2 Å². The molecule has 0 aliphatic carbocycles. The summed E-state index contributed by atoms with van der Waals surface area (Å²) in [5.74, 6) is 0. The zero-order valence-corrected chi connectivity index (χ0v) is 13.5. The molecule has 0 atom stereocenters. The topological polar surface area (TPSA) is 17.1 Å². The molecule has 1 nitrogen and oxygen atoms in total. The first-order valence-corrected chi connectivity index (χ1v) is 8.40. The molecule has 17 heavy (non-hydrogen) atoms. The molecule has 0 amide bonds. The molecule has 1 rings (SSSR count). The molecule has 0 unspecified atom stereocenters. The van der Waals surface area contributed by atoms with Gasteiger partial charge in [-0.05, 0) is 41.5 Å². The van der Waals surface area contributed by atoms with Gasteiger partial charge in [0, 0.05) is 10.4 Å². The van der Waals surface area contributed by atoms with Crippen LogP contribution in [0.5, 0.6) is 0 Å². The van der Waals surface area contributed by atoms with Crippen molar-refractivity contribution in [3.05, 3.63) is 19.4 Å². The van der Waals surface area contributed by atoms with Crippen molar-refractivity contribution in [1.29, 1.82) is 0 Å². The van der Waals surface area contributed by atoms with Crippen LogP contribution in [-0.2, 0) is 6.42 Å². The number of carbonyl (C=O) groups is 1. The van der Waals surface area contributed by atoms with Gasteiger partial charge in [0.25, 0.3) is 0 Å². The van der Waals surface area contributed by atoms with E-state index in [1.54, 1.807) is 11.3 Å². The SMILES string of the molecule is CCCCCCCCCc1cc(C=O)c(I)s1. The molecular formula is C14H21IOS. The van der Waals surface area contributed by atoms with Crippen molar-refractivity contribution in [2.75, 3.05) is 0 Å². The van der Waals surface area contributed by atoms with Gasteiger partial charge < -0.3 is 0 Å². The van der Waals surface area contributed by atoms with Gasteiger partial charge in [0.1, 0.15) is 0 Å². The molecule has 0 bridgehead atoms. The summed E-state index contributed by atoms with van der Waals surface area (Å²) in [4.78, 5) is 12.1. The van der Waals surface area contributed by atoms with Crippen LogP contribution in [0.1, 0.15) is 67.1 Å². The minimum Gasteiger partial charge on any atom is -0.298 e. The molecule has 1 heterocycles. The second-order valence-corrected chi connectivity index (χ2v) is 7.38. The Kier molecular flexibility index (Phi) is 8.10. The van der Waals surface area contributed by atoms with Crippen LogP contribution in [0.3, 0.4) is 0 Å². The average Bonchev–Trinajstić information content (AvgIpc) is 2.68. The molecule has 0 saturated heterocycles. The first-order chi connectivity index (χ1) is 8.27. The van der Waals surface area contributed by atoms with E-state index >= 15 is 0 Å². The summed E-state index contributed by atoms with van der Waals surface area (Å²) in [6.07, 6.45) is 11.5. The molecular weight excluding hydrogens is 343 g/mol. The van der Waals surface area contributed by atoms with E-state index in [0.717, 1.165) is 21.2 Å². The molecule has 0 fully saturated rings. The van der Waals surface area contributed by atoms with E-state index in [0.29, 0.717) is 0 Å². The molecule has 3 heteroatoms. The Morgan fingerprint density at radius 2 is 1.82 bits per heavy atom. The van der Waals surface area contributed by atoms with E-state index in [1.807, 2.05) is 0 Å². The van der Waals surface area contributed by atoms with Gasteiger partial charge >= 0.3 is 0 Å². The molecule has 0 saturated carbocycles. The molecule has 1 aromatic rings. The van der Waals surface area contributed by atoms with E-state index in [9.17, 15) is 4.79 Å². The van der Waals surface area contributed by atoms with E-state index < -0.39 is 0 Å². The second kappa shape index (κ2) is 9.09. The highest BCUT2D eigenvalue weighted by Gasteiger charge is 2.05. The maximum Gasteiger partial charge on any atom is 0.151 e. The maximum absolute atomic E-state index is 10.7. The molecule has 1 aromatic heterocycles.